The summed E-state index contributed by atoms with van der Waals surface area (Å²) in [6.45, 7) is 2.81. The van der Waals surface area contributed by atoms with Crippen molar-refractivity contribution in [2.24, 2.45) is 5.92 Å². The van der Waals surface area contributed by atoms with Crippen LogP contribution >= 0.6 is 11.8 Å². The zero-order chi connectivity index (χ0) is 17.8. The van der Waals surface area contributed by atoms with E-state index in [-0.39, 0.29) is 11.9 Å². The topological polar surface area (TPSA) is 29.5 Å². The molecule has 3 rings (SSSR count). The molecule has 1 aliphatic carbocycles. The van der Waals surface area contributed by atoms with Crippen LogP contribution < -0.4 is 4.74 Å². The molecule has 1 atom stereocenters. The van der Waals surface area contributed by atoms with Gasteiger partial charge >= 0.3 is 0 Å². The molecule has 2 aromatic carbocycles. The third-order valence-corrected chi connectivity index (χ3v) is 5.70. The van der Waals surface area contributed by atoms with Crippen molar-refractivity contribution in [3.05, 3.63) is 59.7 Å². The summed E-state index contributed by atoms with van der Waals surface area (Å²) in [7, 11) is 1.67. The van der Waals surface area contributed by atoms with Crippen LogP contribution in [0.3, 0.4) is 0 Å². The summed E-state index contributed by atoms with van der Waals surface area (Å²) >= 11 is 1.62. The Kier molecular flexibility index (Phi) is 5.69. The van der Waals surface area contributed by atoms with Crippen molar-refractivity contribution in [1.82, 2.24) is 4.90 Å². The summed E-state index contributed by atoms with van der Waals surface area (Å²) in [4.78, 5) is 16.4. The van der Waals surface area contributed by atoms with E-state index >= 15 is 0 Å². The number of amides is 1. The predicted octanol–water partition coefficient (Wildman–Crippen LogP) is 4.86. The molecule has 1 unspecified atom stereocenters. The highest BCUT2D eigenvalue weighted by molar-refractivity contribution is 7.98. The van der Waals surface area contributed by atoms with Crippen molar-refractivity contribution in [3.8, 4) is 5.75 Å². The SMILES string of the molecule is COc1ccc(CN(C(=O)c2ccccc2SC)C(C)C2CC2)cc1. The van der Waals surface area contributed by atoms with Crippen LogP contribution in [0.2, 0.25) is 0 Å². The molecule has 2 aromatic rings. The summed E-state index contributed by atoms with van der Waals surface area (Å²) in [6, 6.07) is 16.1. The van der Waals surface area contributed by atoms with Gasteiger partial charge in [0.25, 0.3) is 5.91 Å². The maximum Gasteiger partial charge on any atom is 0.255 e. The standard InChI is InChI=1S/C21H25NO2S/c1-15(17-10-11-17)22(14-16-8-12-18(24-2)13-9-16)21(23)19-6-4-5-7-20(19)25-3/h4-9,12-13,15,17H,10-11,14H2,1-3H3. The minimum Gasteiger partial charge on any atom is -0.497 e. The first kappa shape index (κ1) is 17.9. The van der Waals surface area contributed by atoms with Gasteiger partial charge < -0.3 is 9.64 Å². The molecule has 0 saturated heterocycles. The van der Waals surface area contributed by atoms with Gasteiger partial charge in [-0.05, 0) is 61.8 Å². The number of rotatable bonds is 7. The van der Waals surface area contributed by atoms with Gasteiger partial charge in [0.1, 0.15) is 5.75 Å². The molecule has 0 heterocycles. The number of ether oxygens (including phenoxy) is 1. The second kappa shape index (κ2) is 7.96. The van der Waals surface area contributed by atoms with Crippen LogP contribution in [0.1, 0.15) is 35.7 Å². The first-order valence-electron chi connectivity index (χ1n) is 8.71. The van der Waals surface area contributed by atoms with Gasteiger partial charge in [-0.1, -0.05) is 24.3 Å². The maximum absolute atomic E-state index is 13.3. The zero-order valence-corrected chi connectivity index (χ0v) is 15.9. The summed E-state index contributed by atoms with van der Waals surface area (Å²) < 4.78 is 5.23. The summed E-state index contributed by atoms with van der Waals surface area (Å²) in [5.74, 6) is 1.59. The highest BCUT2D eigenvalue weighted by Crippen LogP contribution is 2.36. The van der Waals surface area contributed by atoms with Gasteiger partial charge in [-0.15, -0.1) is 11.8 Å². The molecule has 3 nitrogen and oxygen atoms in total. The summed E-state index contributed by atoms with van der Waals surface area (Å²) in [5.41, 5.74) is 1.93. The number of hydrogen-bond acceptors (Lipinski definition) is 3. The molecule has 1 aliphatic rings. The van der Waals surface area contributed by atoms with Crippen molar-refractivity contribution < 1.29 is 9.53 Å². The van der Waals surface area contributed by atoms with Gasteiger partial charge in [-0.25, -0.2) is 0 Å². The lowest BCUT2D eigenvalue weighted by Crippen LogP contribution is -2.39. The first-order chi connectivity index (χ1) is 12.1. The monoisotopic (exact) mass is 355 g/mol. The number of carbonyl (C=O) groups is 1. The number of carbonyl (C=O) groups excluding carboxylic acids is 1. The Labute approximate surface area is 154 Å². The Morgan fingerprint density at radius 3 is 2.48 bits per heavy atom. The smallest absolute Gasteiger partial charge is 0.255 e. The van der Waals surface area contributed by atoms with Gasteiger partial charge in [0.05, 0.1) is 12.7 Å². The molecule has 0 bridgehead atoms. The maximum atomic E-state index is 13.3. The number of thioether (sulfide) groups is 1. The molecular weight excluding hydrogens is 330 g/mol. The molecule has 0 aromatic heterocycles. The molecule has 1 amide bonds. The van der Waals surface area contributed by atoms with Gasteiger partial charge in [0.15, 0.2) is 0 Å². The zero-order valence-electron chi connectivity index (χ0n) is 15.1. The number of benzene rings is 2. The van der Waals surface area contributed by atoms with Crippen molar-refractivity contribution in [2.45, 2.75) is 37.2 Å². The van der Waals surface area contributed by atoms with Gasteiger partial charge in [-0.3, -0.25) is 4.79 Å². The second-order valence-electron chi connectivity index (χ2n) is 6.56. The van der Waals surface area contributed by atoms with Gasteiger partial charge in [0, 0.05) is 17.5 Å². The fourth-order valence-electron chi connectivity index (χ4n) is 3.14. The van der Waals surface area contributed by atoms with Gasteiger partial charge in [0.2, 0.25) is 0 Å². The van der Waals surface area contributed by atoms with Crippen LogP contribution in [0.25, 0.3) is 0 Å². The largest absolute Gasteiger partial charge is 0.497 e. The molecule has 4 heteroatoms. The van der Waals surface area contributed by atoms with E-state index in [0.29, 0.717) is 12.5 Å². The van der Waals surface area contributed by atoms with E-state index < -0.39 is 0 Å². The highest BCUT2D eigenvalue weighted by atomic mass is 32.2. The molecule has 132 valence electrons. The Morgan fingerprint density at radius 2 is 1.88 bits per heavy atom. The average Bonchev–Trinajstić information content (AvgIpc) is 3.50. The lowest BCUT2D eigenvalue weighted by atomic mass is 10.1. The van der Waals surface area contributed by atoms with Crippen LogP contribution in [0, 0.1) is 5.92 Å². The van der Waals surface area contributed by atoms with Crippen LogP contribution in [-0.4, -0.2) is 30.2 Å². The van der Waals surface area contributed by atoms with Crippen LogP contribution in [-0.2, 0) is 6.54 Å². The Morgan fingerprint density at radius 1 is 1.20 bits per heavy atom. The lowest BCUT2D eigenvalue weighted by Gasteiger charge is -2.30. The van der Waals surface area contributed by atoms with Crippen molar-refractivity contribution >= 4 is 17.7 Å². The molecule has 0 radical (unpaired) electrons. The van der Waals surface area contributed by atoms with E-state index in [2.05, 4.69) is 6.92 Å². The van der Waals surface area contributed by atoms with E-state index in [1.807, 2.05) is 59.7 Å². The minimum absolute atomic E-state index is 0.125. The Bertz CT molecular complexity index is 725. The van der Waals surface area contributed by atoms with E-state index in [9.17, 15) is 4.79 Å². The normalized spacial score (nSPS) is 14.8. The van der Waals surface area contributed by atoms with Crippen molar-refractivity contribution in [1.29, 1.82) is 0 Å². The molecule has 0 aliphatic heterocycles. The Balaban J connectivity index is 1.87. The van der Waals surface area contributed by atoms with E-state index in [1.54, 1.807) is 18.9 Å². The van der Waals surface area contributed by atoms with Crippen molar-refractivity contribution in [2.75, 3.05) is 13.4 Å². The molecular formula is C21H25NO2S. The minimum atomic E-state index is 0.125. The molecule has 0 N–H and O–H groups in total. The average molecular weight is 356 g/mol. The number of nitrogens with zero attached hydrogens (tertiary/aromatic N) is 1. The van der Waals surface area contributed by atoms with Crippen molar-refractivity contribution in [3.63, 3.8) is 0 Å². The van der Waals surface area contributed by atoms with E-state index in [1.165, 1.54) is 12.8 Å². The summed E-state index contributed by atoms with van der Waals surface area (Å²) in [6.07, 6.45) is 4.46. The molecule has 0 spiro atoms. The molecule has 1 saturated carbocycles. The lowest BCUT2D eigenvalue weighted by molar-refractivity contribution is 0.0650. The van der Waals surface area contributed by atoms with E-state index in [4.69, 9.17) is 4.74 Å². The third-order valence-electron chi connectivity index (χ3n) is 4.91. The third kappa shape index (κ3) is 4.18. The van der Waals surface area contributed by atoms with E-state index in [0.717, 1.165) is 21.8 Å². The number of methoxy groups -OCH3 is 1. The van der Waals surface area contributed by atoms with Crippen LogP contribution in [0.4, 0.5) is 0 Å². The van der Waals surface area contributed by atoms with Crippen LogP contribution in [0.15, 0.2) is 53.4 Å². The van der Waals surface area contributed by atoms with Gasteiger partial charge in [-0.2, -0.15) is 0 Å². The summed E-state index contributed by atoms with van der Waals surface area (Å²) in [5, 5.41) is 0. The first-order valence-corrected chi connectivity index (χ1v) is 9.93. The number of hydrogen-bond donors (Lipinski definition) is 0. The second-order valence-corrected chi connectivity index (χ2v) is 7.41. The van der Waals surface area contributed by atoms with Crippen LogP contribution in [0.5, 0.6) is 5.75 Å². The quantitative estimate of drug-likeness (QED) is 0.665. The highest BCUT2D eigenvalue weighted by Gasteiger charge is 2.35. The molecule has 1 fully saturated rings. The Hall–Kier alpha value is -1.94. The fraction of sp³-hybridized carbons (Fsp3) is 0.381. The molecule has 25 heavy (non-hydrogen) atoms. The fourth-order valence-corrected chi connectivity index (χ4v) is 3.73. The predicted molar refractivity (Wildman–Crippen MR) is 103 cm³/mol.